The van der Waals surface area contributed by atoms with Crippen LogP contribution in [-0.4, -0.2) is 48.9 Å². The molecule has 1 fully saturated rings. The molecule has 5 rings (SSSR count). The number of hydrogen-bond acceptors (Lipinski definition) is 5. The summed E-state index contributed by atoms with van der Waals surface area (Å²) in [6.07, 6.45) is 0. The molecule has 0 spiro atoms. The smallest absolute Gasteiger partial charge is 0.262 e. The van der Waals surface area contributed by atoms with Crippen molar-refractivity contribution in [3.05, 3.63) is 23.3 Å². The van der Waals surface area contributed by atoms with Gasteiger partial charge < -0.3 is 14.5 Å². The number of fused-ring (bicyclic) bond motifs is 5. The van der Waals surface area contributed by atoms with Crippen molar-refractivity contribution in [1.29, 1.82) is 0 Å². The first-order chi connectivity index (χ1) is 12.3. The van der Waals surface area contributed by atoms with Crippen LogP contribution in [0.4, 0.5) is 5.69 Å². The van der Waals surface area contributed by atoms with Gasteiger partial charge >= 0.3 is 0 Å². The minimum absolute atomic E-state index is 0.0756. The predicted octanol–water partition coefficient (Wildman–Crippen LogP) is 2.26. The molecule has 4 aliphatic rings. The fourth-order valence-electron chi connectivity index (χ4n) is 5.86. The molecule has 0 radical (unpaired) electrons. The number of amidine groups is 1. The van der Waals surface area contributed by atoms with Gasteiger partial charge in [0.1, 0.15) is 18.4 Å². The maximum atomic E-state index is 12.1. The van der Waals surface area contributed by atoms with Crippen LogP contribution in [0.2, 0.25) is 0 Å². The van der Waals surface area contributed by atoms with E-state index in [2.05, 4.69) is 55.4 Å². The second-order valence-electron chi connectivity index (χ2n) is 8.66. The predicted molar refractivity (Wildman–Crippen MR) is 101 cm³/mol. The topological polar surface area (TPSA) is 57.2 Å². The quantitative estimate of drug-likeness (QED) is 0.776. The van der Waals surface area contributed by atoms with Crippen molar-refractivity contribution in [2.24, 2.45) is 10.5 Å². The zero-order chi connectivity index (χ0) is 18.4. The van der Waals surface area contributed by atoms with E-state index in [1.807, 2.05) is 11.8 Å². The average Bonchev–Trinajstić information content (AvgIpc) is 2.61. The van der Waals surface area contributed by atoms with Gasteiger partial charge in [-0.1, -0.05) is 20.8 Å². The lowest BCUT2D eigenvalue weighted by Gasteiger charge is -2.63. The summed E-state index contributed by atoms with van der Waals surface area (Å²) in [6.45, 7) is 10.5. The lowest BCUT2D eigenvalue weighted by atomic mass is 9.54. The van der Waals surface area contributed by atoms with Gasteiger partial charge in [0, 0.05) is 18.0 Å². The SMILES string of the molecule is CC1c2cc3c(cc2[C@@H](C)C2(C)CN(C)C12)N1C(=NNC(=O)[C@H]1C)CO3. The summed E-state index contributed by atoms with van der Waals surface area (Å²) in [5.74, 6) is 2.50. The van der Waals surface area contributed by atoms with Crippen LogP contribution in [0.15, 0.2) is 17.2 Å². The van der Waals surface area contributed by atoms with Gasteiger partial charge in [-0.2, -0.15) is 5.10 Å². The number of nitrogens with zero attached hydrogens (tertiary/aromatic N) is 3. The van der Waals surface area contributed by atoms with Gasteiger partial charge in [-0.3, -0.25) is 4.79 Å². The molecule has 1 aromatic carbocycles. The summed E-state index contributed by atoms with van der Waals surface area (Å²) in [5, 5.41) is 4.20. The first-order valence-electron chi connectivity index (χ1n) is 9.49. The molecule has 1 aliphatic carbocycles. The Morgan fingerprint density at radius 1 is 1.27 bits per heavy atom. The molecular weight excluding hydrogens is 328 g/mol. The third-order valence-electron chi connectivity index (χ3n) is 7.28. The lowest BCUT2D eigenvalue weighted by Crippen LogP contribution is -2.67. The Labute approximate surface area is 154 Å². The second kappa shape index (κ2) is 5.00. The van der Waals surface area contributed by atoms with Crippen LogP contribution < -0.4 is 15.1 Å². The van der Waals surface area contributed by atoms with Gasteiger partial charge in [-0.25, -0.2) is 5.43 Å². The minimum Gasteiger partial charge on any atom is -0.483 e. The summed E-state index contributed by atoms with van der Waals surface area (Å²) in [4.78, 5) is 16.7. The third kappa shape index (κ3) is 1.80. The van der Waals surface area contributed by atoms with Gasteiger partial charge in [-0.05, 0) is 49.1 Å². The molecular formula is C20H26N4O2. The van der Waals surface area contributed by atoms with E-state index in [0.717, 1.165) is 23.8 Å². The fraction of sp³-hybridized carbons (Fsp3) is 0.600. The number of amides is 1. The number of rotatable bonds is 0. The molecule has 6 nitrogen and oxygen atoms in total. The first-order valence-corrected chi connectivity index (χ1v) is 9.49. The molecule has 0 aromatic heterocycles. The van der Waals surface area contributed by atoms with Crippen LogP contribution in [0.3, 0.4) is 0 Å². The Morgan fingerprint density at radius 2 is 2.04 bits per heavy atom. The standard InChI is InChI=1S/C20H26N4O2/c1-10-13-7-16-15(24-12(3)19(25)22-21-17(24)8-26-16)6-14(13)11(2)20(4)9-23(5)18(10)20/h6-7,10-12,18H,8-9H2,1-5H3,(H,22,25)/t10?,11-,12-,18?,20?/m1/s1. The number of anilines is 1. The summed E-state index contributed by atoms with van der Waals surface area (Å²) >= 11 is 0. The molecule has 1 saturated heterocycles. The van der Waals surface area contributed by atoms with Gasteiger partial charge in [0.05, 0.1) is 5.69 Å². The second-order valence-corrected chi connectivity index (χ2v) is 8.66. The monoisotopic (exact) mass is 354 g/mol. The van der Waals surface area contributed by atoms with Crippen molar-refractivity contribution in [3.63, 3.8) is 0 Å². The Balaban J connectivity index is 1.67. The molecule has 5 atom stereocenters. The van der Waals surface area contributed by atoms with Gasteiger partial charge in [-0.15, -0.1) is 0 Å². The molecule has 138 valence electrons. The maximum Gasteiger partial charge on any atom is 0.262 e. The van der Waals surface area contributed by atoms with Crippen LogP contribution >= 0.6 is 0 Å². The van der Waals surface area contributed by atoms with E-state index >= 15 is 0 Å². The number of benzene rings is 1. The highest BCUT2D eigenvalue weighted by atomic mass is 16.5. The van der Waals surface area contributed by atoms with Crippen molar-refractivity contribution >= 4 is 17.4 Å². The van der Waals surface area contributed by atoms with Gasteiger partial charge in [0.2, 0.25) is 0 Å². The molecule has 3 heterocycles. The van der Waals surface area contributed by atoms with Crippen LogP contribution in [0, 0.1) is 5.41 Å². The normalized spacial score (nSPS) is 38.0. The summed E-state index contributed by atoms with van der Waals surface area (Å²) in [7, 11) is 2.23. The van der Waals surface area contributed by atoms with Crippen LogP contribution in [0.5, 0.6) is 5.75 Å². The fourth-order valence-corrected chi connectivity index (χ4v) is 5.86. The highest BCUT2D eigenvalue weighted by Gasteiger charge is 2.57. The number of nitrogens with one attached hydrogen (secondary N) is 1. The Hall–Kier alpha value is -2.08. The number of hydrogen-bond donors (Lipinski definition) is 1. The summed E-state index contributed by atoms with van der Waals surface area (Å²) in [6, 6.07) is 4.77. The minimum atomic E-state index is -0.280. The van der Waals surface area contributed by atoms with Gasteiger partial charge in [0.25, 0.3) is 5.91 Å². The zero-order valence-corrected chi connectivity index (χ0v) is 16.0. The number of likely N-dealkylation sites (N-methyl/N-ethyl adjacent to an activating group) is 1. The Bertz CT molecular complexity index is 850. The van der Waals surface area contributed by atoms with Crippen molar-refractivity contribution in [2.45, 2.75) is 51.6 Å². The number of likely N-dealkylation sites (tertiary alicyclic amines) is 1. The number of carbonyl (C=O) groups is 1. The first kappa shape index (κ1) is 16.1. The van der Waals surface area contributed by atoms with Gasteiger partial charge in [0.15, 0.2) is 5.84 Å². The van der Waals surface area contributed by atoms with Crippen molar-refractivity contribution in [2.75, 3.05) is 25.1 Å². The lowest BCUT2D eigenvalue weighted by molar-refractivity contribution is -0.122. The van der Waals surface area contributed by atoms with Crippen molar-refractivity contribution in [1.82, 2.24) is 10.3 Å². The van der Waals surface area contributed by atoms with E-state index in [9.17, 15) is 4.79 Å². The summed E-state index contributed by atoms with van der Waals surface area (Å²) in [5.41, 5.74) is 6.65. The molecule has 0 bridgehead atoms. The van der Waals surface area contributed by atoms with Crippen LogP contribution in [-0.2, 0) is 4.79 Å². The molecule has 6 heteroatoms. The maximum absolute atomic E-state index is 12.1. The van der Waals surface area contributed by atoms with E-state index in [0.29, 0.717) is 29.9 Å². The zero-order valence-electron chi connectivity index (χ0n) is 16.0. The number of hydrazone groups is 1. The van der Waals surface area contributed by atoms with Crippen LogP contribution in [0.25, 0.3) is 0 Å². The number of ether oxygens (including phenoxy) is 1. The molecule has 1 amide bonds. The third-order valence-corrected chi connectivity index (χ3v) is 7.28. The largest absolute Gasteiger partial charge is 0.483 e. The van der Waals surface area contributed by atoms with E-state index in [1.165, 1.54) is 11.1 Å². The molecule has 3 unspecified atom stereocenters. The molecule has 1 N–H and O–H groups in total. The molecule has 26 heavy (non-hydrogen) atoms. The van der Waals surface area contributed by atoms with E-state index in [4.69, 9.17) is 4.74 Å². The average molecular weight is 354 g/mol. The van der Waals surface area contributed by atoms with E-state index in [-0.39, 0.29) is 11.9 Å². The van der Waals surface area contributed by atoms with Crippen LogP contribution in [0.1, 0.15) is 50.7 Å². The van der Waals surface area contributed by atoms with E-state index < -0.39 is 0 Å². The molecule has 0 saturated carbocycles. The molecule has 3 aliphatic heterocycles. The van der Waals surface area contributed by atoms with E-state index in [1.54, 1.807) is 0 Å². The van der Waals surface area contributed by atoms with Crippen molar-refractivity contribution in [3.8, 4) is 5.75 Å². The number of carbonyl (C=O) groups excluding carboxylic acids is 1. The molecule has 1 aromatic rings. The Kier molecular flexibility index (Phi) is 3.10. The Morgan fingerprint density at radius 3 is 2.77 bits per heavy atom. The summed E-state index contributed by atoms with van der Waals surface area (Å²) < 4.78 is 6.02. The van der Waals surface area contributed by atoms with Crippen molar-refractivity contribution < 1.29 is 9.53 Å². The highest BCUT2D eigenvalue weighted by Crippen LogP contribution is 2.59. The highest BCUT2D eigenvalue weighted by molar-refractivity contribution is 6.09.